The molecule has 25 heavy (non-hydrogen) atoms. The molecule has 7 nitrogen and oxygen atoms in total. The highest BCUT2D eigenvalue weighted by Gasteiger charge is 2.38. The Labute approximate surface area is 148 Å². The molecule has 0 radical (unpaired) electrons. The number of carbonyl (C=O) groups excluding carboxylic acids is 2. The van der Waals surface area contributed by atoms with E-state index in [9.17, 15) is 9.59 Å². The van der Waals surface area contributed by atoms with Crippen LogP contribution in [0.3, 0.4) is 0 Å². The van der Waals surface area contributed by atoms with Gasteiger partial charge >= 0.3 is 11.8 Å². The summed E-state index contributed by atoms with van der Waals surface area (Å²) in [4.78, 5) is 36.9. The Morgan fingerprint density at radius 1 is 1.20 bits per heavy atom. The first kappa shape index (κ1) is 17.6. The quantitative estimate of drug-likeness (QED) is 0.811. The summed E-state index contributed by atoms with van der Waals surface area (Å²) in [6.07, 6.45) is 0. The molecular weight excluding hydrogens is 318 g/mol. The molecule has 2 fully saturated rings. The maximum Gasteiger partial charge on any atom is 0.312 e. The zero-order valence-corrected chi connectivity index (χ0v) is 15.7. The van der Waals surface area contributed by atoms with E-state index in [-0.39, 0.29) is 17.4 Å². The second-order valence-electron chi connectivity index (χ2n) is 8.18. The minimum absolute atomic E-state index is 0.00509. The summed E-state index contributed by atoms with van der Waals surface area (Å²) in [6, 6.07) is 2.06. The summed E-state index contributed by atoms with van der Waals surface area (Å²) >= 11 is 0. The van der Waals surface area contributed by atoms with E-state index in [4.69, 9.17) is 9.97 Å². The number of carbonyl (C=O) groups is 2. The Hall–Kier alpha value is -2.18. The first-order valence-electron chi connectivity index (χ1n) is 8.90. The minimum atomic E-state index is -0.496. The molecule has 1 atom stereocenters. The van der Waals surface area contributed by atoms with Crippen molar-refractivity contribution in [3.63, 3.8) is 0 Å². The fourth-order valence-corrected chi connectivity index (χ4v) is 3.18. The standard InChI is InChI=1S/C18H27N5O2/c1-11(2)15-20-13(18(3,4)5)8-14(21-15)22-6-7-23-12(10-22)9-19-16(24)17(23)25/h8,11-12H,6-7,9-10H2,1-5H3,(H,19,24)/t12-/m0/s1. The molecule has 0 aliphatic carbocycles. The summed E-state index contributed by atoms with van der Waals surface area (Å²) in [5.41, 5.74) is 0.967. The van der Waals surface area contributed by atoms with Crippen LogP contribution in [0.15, 0.2) is 6.07 Å². The van der Waals surface area contributed by atoms with Gasteiger partial charge in [0, 0.05) is 43.6 Å². The first-order valence-corrected chi connectivity index (χ1v) is 8.90. The summed E-state index contributed by atoms with van der Waals surface area (Å²) < 4.78 is 0. The largest absolute Gasteiger partial charge is 0.353 e. The molecule has 3 heterocycles. The van der Waals surface area contributed by atoms with Gasteiger partial charge in [0.2, 0.25) is 0 Å². The predicted molar refractivity (Wildman–Crippen MR) is 95.5 cm³/mol. The third kappa shape index (κ3) is 3.45. The lowest BCUT2D eigenvalue weighted by Gasteiger charge is -2.44. The van der Waals surface area contributed by atoms with E-state index < -0.39 is 11.8 Å². The van der Waals surface area contributed by atoms with Gasteiger partial charge in [-0.3, -0.25) is 9.59 Å². The van der Waals surface area contributed by atoms with E-state index >= 15 is 0 Å². The van der Waals surface area contributed by atoms with Crippen LogP contribution < -0.4 is 10.2 Å². The molecule has 1 N–H and O–H groups in total. The van der Waals surface area contributed by atoms with E-state index in [1.165, 1.54) is 0 Å². The van der Waals surface area contributed by atoms with Crippen molar-refractivity contribution in [3.8, 4) is 0 Å². The van der Waals surface area contributed by atoms with Crippen LogP contribution in [-0.2, 0) is 15.0 Å². The lowest BCUT2D eigenvalue weighted by atomic mass is 9.91. The van der Waals surface area contributed by atoms with Crippen LogP contribution in [0.1, 0.15) is 52.1 Å². The highest BCUT2D eigenvalue weighted by atomic mass is 16.2. The molecule has 0 saturated carbocycles. The highest BCUT2D eigenvalue weighted by Crippen LogP contribution is 2.27. The minimum Gasteiger partial charge on any atom is -0.353 e. The van der Waals surface area contributed by atoms with Crippen LogP contribution in [0, 0.1) is 0 Å². The van der Waals surface area contributed by atoms with Crippen molar-refractivity contribution in [2.24, 2.45) is 0 Å². The molecule has 7 heteroatoms. The predicted octanol–water partition coefficient (Wildman–Crippen LogP) is 1.04. The zero-order valence-electron chi connectivity index (χ0n) is 15.7. The van der Waals surface area contributed by atoms with E-state index in [0.717, 1.165) is 17.3 Å². The molecule has 0 spiro atoms. The van der Waals surface area contributed by atoms with Gasteiger partial charge in [0.25, 0.3) is 0 Å². The number of anilines is 1. The van der Waals surface area contributed by atoms with E-state index in [1.54, 1.807) is 4.90 Å². The number of nitrogens with one attached hydrogen (secondary N) is 1. The number of hydrogen-bond acceptors (Lipinski definition) is 5. The number of fused-ring (bicyclic) bond motifs is 1. The summed E-state index contributed by atoms with van der Waals surface area (Å²) in [5.74, 6) is 1.09. The number of rotatable bonds is 2. The van der Waals surface area contributed by atoms with Gasteiger partial charge < -0.3 is 15.1 Å². The van der Waals surface area contributed by atoms with Gasteiger partial charge in [-0.15, -0.1) is 0 Å². The smallest absolute Gasteiger partial charge is 0.312 e. The van der Waals surface area contributed by atoms with Gasteiger partial charge in [-0.05, 0) is 0 Å². The van der Waals surface area contributed by atoms with Gasteiger partial charge in [-0.25, -0.2) is 9.97 Å². The van der Waals surface area contributed by atoms with Crippen molar-refractivity contribution in [2.75, 3.05) is 31.1 Å². The molecule has 2 saturated heterocycles. The Morgan fingerprint density at radius 2 is 1.92 bits per heavy atom. The molecule has 2 aliphatic heterocycles. The van der Waals surface area contributed by atoms with E-state index in [0.29, 0.717) is 26.2 Å². The molecule has 0 aromatic carbocycles. The Kier molecular flexibility index (Phi) is 4.43. The summed E-state index contributed by atoms with van der Waals surface area (Å²) in [6.45, 7) is 13.0. The van der Waals surface area contributed by atoms with Crippen molar-refractivity contribution in [1.29, 1.82) is 0 Å². The SMILES string of the molecule is CC(C)c1nc(N2CCN3C(=O)C(=O)NC[C@H]3C2)cc(C(C)(C)C)n1. The molecule has 2 aliphatic rings. The monoisotopic (exact) mass is 345 g/mol. The topological polar surface area (TPSA) is 78.4 Å². The zero-order chi connectivity index (χ0) is 18.4. The van der Waals surface area contributed by atoms with Crippen LogP contribution in [0.4, 0.5) is 5.82 Å². The van der Waals surface area contributed by atoms with Crippen LogP contribution in [-0.4, -0.2) is 58.9 Å². The average Bonchev–Trinajstić information content (AvgIpc) is 2.56. The van der Waals surface area contributed by atoms with Crippen molar-refractivity contribution < 1.29 is 9.59 Å². The van der Waals surface area contributed by atoms with E-state index in [1.807, 2.05) is 0 Å². The van der Waals surface area contributed by atoms with Gasteiger partial charge in [-0.1, -0.05) is 34.6 Å². The van der Waals surface area contributed by atoms with E-state index in [2.05, 4.69) is 50.9 Å². The normalized spacial score (nSPS) is 21.4. The number of piperazine rings is 2. The maximum absolute atomic E-state index is 12.0. The lowest BCUT2D eigenvalue weighted by molar-refractivity contribution is -0.150. The fourth-order valence-electron chi connectivity index (χ4n) is 3.18. The van der Waals surface area contributed by atoms with Crippen LogP contribution in [0.5, 0.6) is 0 Å². The molecule has 0 unspecified atom stereocenters. The molecular formula is C18H27N5O2. The van der Waals surface area contributed by atoms with Gasteiger partial charge in [-0.2, -0.15) is 0 Å². The third-order valence-corrected chi connectivity index (χ3v) is 4.77. The third-order valence-electron chi connectivity index (χ3n) is 4.77. The molecule has 1 aromatic heterocycles. The number of hydrogen-bond donors (Lipinski definition) is 1. The Balaban J connectivity index is 1.88. The molecule has 136 valence electrons. The summed E-state index contributed by atoms with van der Waals surface area (Å²) in [7, 11) is 0. The fraction of sp³-hybridized carbons (Fsp3) is 0.667. The maximum atomic E-state index is 12.0. The van der Waals surface area contributed by atoms with Gasteiger partial charge in [0.1, 0.15) is 11.6 Å². The number of nitrogens with zero attached hydrogens (tertiary/aromatic N) is 4. The van der Waals surface area contributed by atoms with Crippen molar-refractivity contribution in [2.45, 2.75) is 52.0 Å². The van der Waals surface area contributed by atoms with Crippen molar-refractivity contribution in [3.05, 3.63) is 17.6 Å². The van der Waals surface area contributed by atoms with Gasteiger partial charge in [0.05, 0.1) is 11.7 Å². The van der Waals surface area contributed by atoms with Crippen LogP contribution >= 0.6 is 0 Å². The highest BCUT2D eigenvalue weighted by molar-refractivity contribution is 6.35. The number of amides is 2. The molecule has 3 rings (SSSR count). The second-order valence-corrected chi connectivity index (χ2v) is 8.18. The second kappa shape index (κ2) is 6.28. The molecule has 1 aromatic rings. The number of aromatic nitrogens is 2. The van der Waals surface area contributed by atoms with Crippen molar-refractivity contribution in [1.82, 2.24) is 20.2 Å². The average molecular weight is 345 g/mol. The van der Waals surface area contributed by atoms with Crippen LogP contribution in [0.2, 0.25) is 0 Å². The molecule has 2 amide bonds. The first-order chi connectivity index (χ1) is 11.7. The van der Waals surface area contributed by atoms with Crippen LogP contribution in [0.25, 0.3) is 0 Å². The lowest BCUT2D eigenvalue weighted by Crippen LogP contribution is -2.65. The van der Waals surface area contributed by atoms with Crippen molar-refractivity contribution >= 4 is 17.6 Å². The molecule has 0 bridgehead atoms. The Bertz CT molecular complexity index is 695. The summed E-state index contributed by atoms with van der Waals surface area (Å²) in [5, 5.41) is 2.68. The van der Waals surface area contributed by atoms with Gasteiger partial charge in [0.15, 0.2) is 0 Å². The Morgan fingerprint density at radius 3 is 2.56 bits per heavy atom.